The summed E-state index contributed by atoms with van der Waals surface area (Å²) in [5, 5.41) is 0. The number of likely N-dealkylation sites (tertiary alicyclic amines) is 1. The lowest BCUT2D eigenvalue weighted by Crippen LogP contribution is -2.21. The first kappa shape index (κ1) is 10.8. The normalized spacial score (nSPS) is 19.1. The number of rotatable bonds is 3. The van der Waals surface area contributed by atoms with E-state index in [4.69, 9.17) is 4.74 Å². The molecule has 0 aromatic heterocycles. The van der Waals surface area contributed by atoms with E-state index in [0.29, 0.717) is 0 Å². The molecule has 90 valence electrons. The van der Waals surface area contributed by atoms with E-state index in [-0.39, 0.29) is 0 Å². The Morgan fingerprint density at radius 2 is 2.06 bits per heavy atom. The fourth-order valence-electron chi connectivity index (χ4n) is 2.65. The summed E-state index contributed by atoms with van der Waals surface area (Å²) in [6.07, 6.45) is 8.79. The number of ether oxygens (including phenoxy) is 1. The van der Waals surface area contributed by atoms with Gasteiger partial charge < -0.3 is 9.64 Å². The minimum Gasteiger partial charge on any atom is -0.465 e. The molecule has 2 heterocycles. The average Bonchev–Trinajstić information content (AvgIpc) is 2.89. The maximum Gasteiger partial charge on any atom is 0.130 e. The van der Waals surface area contributed by atoms with Gasteiger partial charge in [-0.1, -0.05) is 12.1 Å². The van der Waals surface area contributed by atoms with Crippen molar-refractivity contribution in [3.8, 4) is 5.75 Å². The summed E-state index contributed by atoms with van der Waals surface area (Å²) < 4.78 is 5.47. The van der Waals surface area contributed by atoms with E-state index in [2.05, 4.69) is 29.2 Å². The van der Waals surface area contributed by atoms with Crippen molar-refractivity contribution in [3.63, 3.8) is 0 Å². The molecule has 0 atom stereocenters. The molecular weight excluding hydrogens is 210 g/mol. The van der Waals surface area contributed by atoms with Crippen molar-refractivity contribution in [3.05, 3.63) is 41.7 Å². The van der Waals surface area contributed by atoms with Crippen molar-refractivity contribution in [2.24, 2.45) is 0 Å². The standard InChI is InChI=1S/C15H19NO/c1-2-9-16(8-1)10-7-13-5-6-15-14(12-13)4-3-11-17-15/h3,5-6,11-12H,1-2,4,7-10H2. The largest absolute Gasteiger partial charge is 0.465 e. The summed E-state index contributed by atoms with van der Waals surface area (Å²) in [7, 11) is 0. The van der Waals surface area contributed by atoms with Crippen LogP contribution in [0.3, 0.4) is 0 Å². The SMILES string of the molecule is C1=COc2ccc(CCN3CCCC3)cc2C1. The summed E-state index contributed by atoms with van der Waals surface area (Å²) in [4.78, 5) is 2.57. The van der Waals surface area contributed by atoms with Crippen LogP contribution in [0, 0.1) is 0 Å². The summed E-state index contributed by atoms with van der Waals surface area (Å²) >= 11 is 0. The van der Waals surface area contributed by atoms with E-state index in [0.717, 1.165) is 18.6 Å². The van der Waals surface area contributed by atoms with E-state index >= 15 is 0 Å². The first-order chi connectivity index (χ1) is 8.42. The molecule has 0 radical (unpaired) electrons. The quantitative estimate of drug-likeness (QED) is 0.790. The molecule has 0 aliphatic carbocycles. The molecule has 17 heavy (non-hydrogen) atoms. The number of allylic oxidation sites excluding steroid dienone is 1. The van der Waals surface area contributed by atoms with Crippen LogP contribution in [0.25, 0.3) is 0 Å². The Hall–Kier alpha value is -1.28. The molecule has 0 saturated carbocycles. The number of nitrogens with zero attached hydrogens (tertiary/aromatic N) is 1. The minimum atomic E-state index is 1.01. The lowest BCUT2D eigenvalue weighted by molar-refractivity contribution is 0.343. The molecule has 2 aliphatic heterocycles. The van der Waals surface area contributed by atoms with E-state index < -0.39 is 0 Å². The second kappa shape index (κ2) is 4.92. The highest BCUT2D eigenvalue weighted by Gasteiger charge is 2.12. The molecule has 3 rings (SSSR count). The van der Waals surface area contributed by atoms with E-state index in [1.54, 1.807) is 6.26 Å². The minimum absolute atomic E-state index is 1.01. The van der Waals surface area contributed by atoms with E-state index in [9.17, 15) is 0 Å². The highest BCUT2D eigenvalue weighted by atomic mass is 16.5. The molecule has 0 N–H and O–H groups in total. The summed E-state index contributed by atoms with van der Waals surface area (Å²) in [6, 6.07) is 6.61. The van der Waals surface area contributed by atoms with Gasteiger partial charge in [-0.2, -0.15) is 0 Å². The van der Waals surface area contributed by atoms with Crippen molar-refractivity contribution >= 4 is 0 Å². The van der Waals surface area contributed by atoms with Crippen LogP contribution < -0.4 is 4.74 Å². The summed E-state index contributed by atoms with van der Waals surface area (Å²) in [6.45, 7) is 3.78. The van der Waals surface area contributed by atoms with Crippen molar-refractivity contribution in [2.75, 3.05) is 19.6 Å². The van der Waals surface area contributed by atoms with Gasteiger partial charge in [-0.05, 0) is 62.0 Å². The molecule has 1 saturated heterocycles. The molecule has 1 aromatic rings. The maximum atomic E-state index is 5.47. The second-order valence-electron chi connectivity index (χ2n) is 4.93. The molecular formula is C15H19NO. The van der Waals surface area contributed by atoms with Crippen LogP contribution in [-0.4, -0.2) is 24.5 Å². The zero-order valence-corrected chi connectivity index (χ0v) is 10.2. The zero-order chi connectivity index (χ0) is 11.5. The second-order valence-corrected chi connectivity index (χ2v) is 4.93. The van der Waals surface area contributed by atoms with Crippen LogP contribution in [0.5, 0.6) is 5.75 Å². The Balaban J connectivity index is 1.63. The molecule has 2 aliphatic rings. The van der Waals surface area contributed by atoms with Gasteiger partial charge in [0, 0.05) is 6.54 Å². The van der Waals surface area contributed by atoms with Gasteiger partial charge in [0.1, 0.15) is 5.75 Å². The number of benzene rings is 1. The fraction of sp³-hybridized carbons (Fsp3) is 0.467. The molecule has 1 fully saturated rings. The molecule has 0 unspecified atom stereocenters. The molecule has 1 aromatic carbocycles. The first-order valence-electron chi connectivity index (χ1n) is 6.58. The monoisotopic (exact) mass is 229 g/mol. The topological polar surface area (TPSA) is 12.5 Å². The number of hydrogen-bond donors (Lipinski definition) is 0. The van der Waals surface area contributed by atoms with Crippen LogP contribution in [0.4, 0.5) is 0 Å². The zero-order valence-electron chi connectivity index (χ0n) is 10.2. The Labute approximate surface area is 103 Å². The summed E-state index contributed by atoms with van der Waals surface area (Å²) in [5.74, 6) is 1.03. The van der Waals surface area contributed by atoms with Crippen LogP contribution in [0.1, 0.15) is 24.0 Å². The molecule has 2 heteroatoms. The lowest BCUT2D eigenvalue weighted by Gasteiger charge is -2.16. The predicted octanol–water partition coefficient (Wildman–Crippen LogP) is 2.77. The Kier molecular flexibility index (Phi) is 3.14. The third-order valence-electron chi connectivity index (χ3n) is 3.67. The summed E-state index contributed by atoms with van der Waals surface area (Å²) in [5.41, 5.74) is 2.76. The Morgan fingerprint density at radius 1 is 1.18 bits per heavy atom. The van der Waals surface area contributed by atoms with Gasteiger partial charge in [-0.15, -0.1) is 0 Å². The van der Waals surface area contributed by atoms with E-state index in [1.807, 2.05) is 0 Å². The van der Waals surface area contributed by atoms with Gasteiger partial charge in [0.05, 0.1) is 6.26 Å². The van der Waals surface area contributed by atoms with Gasteiger partial charge >= 0.3 is 0 Å². The van der Waals surface area contributed by atoms with Gasteiger partial charge in [0.25, 0.3) is 0 Å². The first-order valence-corrected chi connectivity index (χ1v) is 6.58. The molecule has 0 bridgehead atoms. The van der Waals surface area contributed by atoms with Crippen molar-refractivity contribution < 1.29 is 4.74 Å². The van der Waals surface area contributed by atoms with Crippen molar-refractivity contribution in [2.45, 2.75) is 25.7 Å². The van der Waals surface area contributed by atoms with Crippen LogP contribution in [0.2, 0.25) is 0 Å². The van der Waals surface area contributed by atoms with Crippen LogP contribution >= 0.6 is 0 Å². The van der Waals surface area contributed by atoms with Gasteiger partial charge in [0.15, 0.2) is 0 Å². The highest BCUT2D eigenvalue weighted by Crippen LogP contribution is 2.24. The number of fused-ring (bicyclic) bond motifs is 1. The molecule has 0 amide bonds. The van der Waals surface area contributed by atoms with E-state index in [1.165, 1.54) is 43.6 Å². The molecule has 2 nitrogen and oxygen atoms in total. The third kappa shape index (κ3) is 2.52. The predicted molar refractivity (Wildman–Crippen MR) is 69.3 cm³/mol. The van der Waals surface area contributed by atoms with Gasteiger partial charge in [-0.3, -0.25) is 0 Å². The van der Waals surface area contributed by atoms with Crippen molar-refractivity contribution in [1.29, 1.82) is 0 Å². The molecule has 0 spiro atoms. The third-order valence-corrected chi connectivity index (χ3v) is 3.67. The lowest BCUT2D eigenvalue weighted by atomic mass is 10.0. The van der Waals surface area contributed by atoms with Crippen LogP contribution in [-0.2, 0) is 12.8 Å². The van der Waals surface area contributed by atoms with Gasteiger partial charge in [-0.25, -0.2) is 0 Å². The fourth-order valence-corrected chi connectivity index (χ4v) is 2.65. The highest BCUT2D eigenvalue weighted by molar-refractivity contribution is 5.40. The average molecular weight is 229 g/mol. The Bertz CT molecular complexity index is 419. The van der Waals surface area contributed by atoms with Gasteiger partial charge in [0.2, 0.25) is 0 Å². The maximum absolute atomic E-state index is 5.47. The Morgan fingerprint density at radius 3 is 2.94 bits per heavy atom. The number of hydrogen-bond acceptors (Lipinski definition) is 2. The van der Waals surface area contributed by atoms with Crippen LogP contribution in [0.15, 0.2) is 30.5 Å². The smallest absolute Gasteiger partial charge is 0.130 e. The van der Waals surface area contributed by atoms with Crippen molar-refractivity contribution in [1.82, 2.24) is 4.90 Å².